The minimum absolute atomic E-state index is 0.0631. The summed E-state index contributed by atoms with van der Waals surface area (Å²) in [6.45, 7) is 0.0631. The van der Waals surface area contributed by atoms with Gasteiger partial charge in [-0.2, -0.15) is 0 Å². The van der Waals surface area contributed by atoms with Crippen LogP contribution < -0.4 is 5.32 Å². The Morgan fingerprint density at radius 3 is 2.27 bits per heavy atom. The molecule has 22 heavy (non-hydrogen) atoms. The molecule has 0 spiro atoms. The summed E-state index contributed by atoms with van der Waals surface area (Å²) in [5, 5.41) is 22.7. The predicted molar refractivity (Wildman–Crippen MR) is 86.2 cm³/mol. The number of carbonyl (C=O) groups excluding carboxylic acids is 1. The Morgan fingerprint density at radius 2 is 1.68 bits per heavy atom. The summed E-state index contributed by atoms with van der Waals surface area (Å²) in [6.07, 6.45) is -0.719. The summed E-state index contributed by atoms with van der Waals surface area (Å²) in [5.41, 5.74) is 1.32. The highest BCUT2D eigenvalue weighted by Gasteiger charge is 2.11. The maximum atomic E-state index is 11.8. The van der Waals surface area contributed by atoms with Gasteiger partial charge in [-0.05, 0) is 41.5 Å². The number of hydrogen-bond donors (Lipinski definition) is 3. The average molecular weight is 340 g/mol. The third-order valence-electron chi connectivity index (χ3n) is 3.06. The average Bonchev–Trinajstić information content (AvgIpc) is 2.46. The molecule has 0 aliphatic carbocycles. The van der Waals surface area contributed by atoms with Crippen LogP contribution in [0.25, 0.3) is 0 Å². The molecule has 2 aromatic carbocycles. The Balaban J connectivity index is 1.88. The first-order chi connectivity index (χ1) is 10.4. The smallest absolute Gasteiger partial charge is 0.224 e. The van der Waals surface area contributed by atoms with E-state index in [1.54, 1.807) is 30.3 Å². The Kier molecular flexibility index (Phi) is 5.66. The zero-order chi connectivity index (χ0) is 16.1. The number of phenols is 1. The predicted octanol–water partition coefficient (Wildman–Crippen LogP) is 3.09. The van der Waals surface area contributed by atoms with Crippen molar-refractivity contribution < 1.29 is 15.0 Å². The zero-order valence-electron chi connectivity index (χ0n) is 11.6. The largest absolute Gasteiger partial charge is 0.508 e. The molecular formula is C16H15Cl2NO3. The van der Waals surface area contributed by atoms with Crippen LogP contribution in [0.2, 0.25) is 10.0 Å². The zero-order valence-corrected chi connectivity index (χ0v) is 13.1. The second-order valence-electron chi connectivity index (χ2n) is 4.87. The molecule has 0 bridgehead atoms. The van der Waals surface area contributed by atoms with E-state index in [4.69, 9.17) is 23.2 Å². The third-order valence-corrected chi connectivity index (χ3v) is 3.50. The lowest BCUT2D eigenvalue weighted by Crippen LogP contribution is -2.29. The normalized spacial score (nSPS) is 12.0. The number of rotatable bonds is 5. The molecule has 0 aliphatic heterocycles. The van der Waals surface area contributed by atoms with Crippen LogP contribution in [-0.2, 0) is 11.2 Å². The van der Waals surface area contributed by atoms with Gasteiger partial charge in [-0.25, -0.2) is 0 Å². The number of hydrogen-bond acceptors (Lipinski definition) is 3. The van der Waals surface area contributed by atoms with Gasteiger partial charge < -0.3 is 15.5 Å². The molecule has 1 amide bonds. The Labute approximate surface area is 138 Å². The van der Waals surface area contributed by atoms with Gasteiger partial charge in [-0.3, -0.25) is 4.79 Å². The number of amides is 1. The molecule has 3 N–H and O–H groups in total. The van der Waals surface area contributed by atoms with E-state index in [1.807, 2.05) is 0 Å². The van der Waals surface area contributed by atoms with E-state index in [2.05, 4.69) is 5.32 Å². The molecule has 0 fully saturated rings. The van der Waals surface area contributed by atoms with E-state index in [-0.39, 0.29) is 24.6 Å². The van der Waals surface area contributed by atoms with Crippen LogP contribution in [0.1, 0.15) is 17.2 Å². The Hall–Kier alpha value is -1.75. The van der Waals surface area contributed by atoms with Crippen LogP contribution in [0.4, 0.5) is 0 Å². The number of aliphatic hydroxyl groups excluding tert-OH is 1. The number of benzene rings is 2. The molecule has 0 heterocycles. The molecule has 6 heteroatoms. The maximum absolute atomic E-state index is 11.8. The van der Waals surface area contributed by atoms with Crippen molar-refractivity contribution in [1.29, 1.82) is 0 Å². The van der Waals surface area contributed by atoms with Gasteiger partial charge >= 0.3 is 0 Å². The van der Waals surface area contributed by atoms with Crippen molar-refractivity contribution in [3.05, 3.63) is 63.6 Å². The summed E-state index contributed by atoms with van der Waals surface area (Å²) < 4.78 is 0. The van der Waals surface area contributed by atoms with Crippen molar-refractivity contribution in [1.82, 2.24) is 5.32 Å². The quantitative estimate of drug-likeness (QED) is 0.783. The monoisotopic (exact) mass is 339 g/mol. The summed E-state index contributed by atoms with van der Waals surface area (Å²) in [5.74, 6) is -0.0738. The molecule has 2 aromatic rings. The van der Waals surface area contributed by atoms with Gasteiger partial charge in [-0.15, -0.1) is 0 Å². The highest BCUT2D eigenvalue weighted by atomic mass is 35.5. The lowest BCUT2D eigenvalue weighted by molar-refractivity contribution is -0.120. The lowest BCUT2D eigenvalue weighted by atomic mass is 10.1. The van der Waals surface area contributed by atoms with Crippen LogP contribution in [0.3, 0.4) is 0 Å². The van der Waals surface area contributed by atoms with Crippen molar-refractivity contribution in [2.24, 2.45) is 0 Å². The van der Waals surface area contributed by atoms with Crippen LogP contribution in [0.5, 0.6) is 5.75 Å². The summed E-state index contributed by atoms with van der Waals surface area (Å²) >= 11 is 11.7. The molecule has 0 radical (unpaired) electrons. The summed E-state index contributed by atoms with van der Waals surface area (Å²) in [4.78, 5) is 11.8. The fourth-order valence-electron chi connectivity index (χ4n) is 1.96. The van der Waals surface area contributed by atoms with Crippen molar-refractivity contribution in [3.63, 3.8) is 0 Å². The molecule has 0 saturated carbocycles. The van der Waals surface area contributed by atoms with Gasteiger partial charge in [0.05, 0.1) is 12.5 Å². The molecule has 0 aliphatic rings. The molecular weight excluding hydrogens is 325 g/mol. The van der Waals surface area contributed by atoms with E-state index in [9.17, 15) is 15.0 Å². The second kappa shape index (κ2) is 7.49. The van der Waals surface area contributed by atoms with Crippen LogP contribution >= 0.6 is 23.2 Å². The number of halogens is 2. The van der Waals surface area contributed by atoms with Crippen molar-refractivity contribution in [3.8, 4) is 5.75 Å². The lowest BCUT2D eigenvalue weighted by Gasteiger charge is -2.13. The number of nitrogens with one attached hydrogen (secondary N) is 1. The van der Waals surface area contributed by atoms with Crippen molar-refractivity contribution in [2.75, 3.05) is 6.54 Å². The molecule has 1 unspecified atom stereocenters. The number of aromatic hydroxyl groups is 1. The molecule has 2 rings (SSSR count). The van der Waals surface area contributed by atoms with E-state index in [0.29, 0.717) is 15.6 Å². The minimum Gasteiger partial charge on any atom is -0.508 e. The summed E-state index contributed by atoms with van der Waals surface area (Å²) in [6, 6.07) is 11.2. The van der Waals surface area contributed by atoms with Crippen molar-refractivity contribution in [2.45, 2.75) is 12.5 Å². The maximum Gasteiger partial charge on any atom is 0.224 e. The van der Waals surface area contributed by atoms with Gasteiger partial charge in [0.1, 0.15) is 5.75 Å². The first-order valence-corrected chi connectivity index (χ1v) is 7.38. The van der Waals surface area contributed by atoms with Crippen LogP contribution in [0.15, 0.2) is 42.5 Å². The first kappa shape index (κ1) is 16.6. The van der Waals surface area contributed by atoms with E-state index < -0.39 is 6.10 Å². The first-order valence-electron chi connectivity index (χ1n) is 6.62. The highest BCUT2D eigenvalue weighted by molar-refractivity contribution is 6.34. The van der Waals surface area contributed by atoms with Gasteiger partial charge in [0, 0.05) is 16.6 Å². The van der Waals surface area contributed by atoms with Gasteiger partial charge in [-0.1, -0.05) is 35.3 Å². The number of carbonyl (C=O) groups is 1. The van der Waals surface area contributed by atoms with E-state index in [1.165, 1.54) is 12.1 Å². The Bertz CT molecular complexity index is 639. The molecule has 116 valence electrons. The molecule has 4 nitrogen and oxygen atoms in total. The summed E-state index contributed by atoms with van der Waals surface area (Å²) in [7, 11) is 0. The molecule has 0 aromatic heterocycles. The van der Waals surface area contributed by atoms with Gasteiger partial charge in [0.2, 0.25) is 5.91 Å². The fourth-order valence-corrected chi connectivity index (χ4v) is 2.50. The van der Waals surface area contributed by atoms with Crippen molar-refractivity contribution >= 4 is 29.1 Å². The highest BCUT2D eigenvalue weighted by Crippen LogP contribution is 2.23. The molecule has 1 atom stereocenters. The van der Waals surface area contributed by atoms with E-state index in [0.717, 1.165) is 5.56 Å². The van der Waals surface area contributed by atoms with Crippen LogP contribution in [0, 0.1) is 0 Å². The standard InChI is InChI=1S/C16H15Cl2NO3/c17-12-6-11(7-13(18)8-12)15(21)9-19-16(22)5-10-1-3-14(20)4-2-10/h1-4,6-8,15,20-21H,5,9H2,(H,19,22). The fraction of sp³-hybridized carbons (Fsp3) is 0.188. The Morgan fingerprint density at radius 1 is 1.09 bits per heavy atom. The van der Waals surface area contributed by atoms with Crippen LogP contribution in [-0.4, -0.2) is 22.7 Å². The topological polar surface area (TPSA) is 69.6 Å². The SMILES string of the molecule is O=C(Cc1ccc(O)cc1)NCC(O)c1cc(Cl)cc(Cl)c1. The molecule has 0 saturated heterocycles. The van der Waals surface area contributed by atoms with E-state index >= 15 is 0 Å². The minimum atomic E-state index is -0.889. The number of aliphatic hydroxyl groups is 1. The second-order valence-corrected chi connectivity index (χ2v) is 5.74. The number of phenolic OH excluding ortho intramolecular Hbond substituents is 1. The van der Waals surface area contributed by atoms with Gasteiger partial charge in [0.15, 0.2) is 0 Å². The van der Waals surface area contributed by atoms with Gasteiger partial charge in [0.25, 0.3) is 0 Å². The third kappa shape index (κ3) is 4.91.